The number of carbonyl (C=O) groups excluding carboxylic acids is 1. The summed E-state index contributed by atoms with van der Waals surface area (Å²) in [6.07, 6.45) is 1.83. The Labute approximate surface area is 257 Å². The molecule has 3 heterocycles. The van der Waals surface area contributed by atoms with Crippen molar-refractivity contribution in [2.45, 2.75) is 33.2 Å². The summed E-state index contributed by atoms with van der Waals surface area (Å²) in [6, 6.07) is 22.3. The van der Waals surface area contributed by atoms with Crippen molar-refractivity contribution in [3.8, 4) is 23.0 Å². The van der Waals surface area contributed by atoms with Crippen molar-refractivity contribution < 1.29 is 19.0 Å². The number of anilines is 2. The number of hydrogen-bond acceptors (Lipinski definition) is 7. The SMILES string of the molecule is CCNc1cc2c(cc1C)C1(c3cc(C)c(NCC)cc3O2)c2ccccc2C(=O)N1CCN=Cc1ccc2c(c1)OCO2. The number of fused-ring (bicyclic) bond motifs is 7. The van der Waals surface area contributed by atoms with Gasteiger partial charge in [0.05, 0.1) is 6.54 Å². The van der Waals surface area contributed by atoms with Crippen LogP contribution in [0.25, 0.3) is 0 Å². The fourth-order valence-electron chi connectivity index (χ4n) is 6.74. The molecular formula is C36H36N4O4. The first-order valence-corrected chi connectivity index (χ1v) is 15.2. The van der Waals surface area contributed by atoms with Crippen LogP contribution in [-0.4, -0.2) is 50.0 Å². The molecule has 7 rings (SSSR count). The number of hydrogen-bond donors (Lipinski definition) is 2. The zero-order valence-electron chi connectivity index (χ0n) is 25.5. The van der Waals surface area contributed by atoms with E-state index in [-0.39, 0.29) is 12.7 Å². The van der Waals surface area contributed by atoms with Crippen LogP contribution in [0.4, 0.5) is 11.4 Å². The van der Waals surface area contributed by atoms with Crippen molar-refractivity contribution in [2.75, 3.05) is 43.6 Å². The van der Waals surface area contributed by atoms with Crippen molar-refractivity contribution >= 4 is 23.5 Å². The lowest BCUT2D eigenvalue weighted by atomic mass is 9.73. The Bertz CT molecular complexity index is 1750. The number of aryl methyl sites for hydroxylation is 2. The van der Waals surface area contributed by atoms with Gasteiger partial charge in [-0.3, -0.25) is 9.79 Å². The summed E-state index contributed by atoms with van der Waals surface area (Å²) >= 11 is 0. The molecule has 8 nitrogen and oxygen atoms in total. The van der Waals surface area contributed by atoms with Gasteiger partial charge in [-0.05, 0) is 86.3 Å². The molecule has 0 saturated carbocycles. The third kappa shape index (κ3) is 4.27. The van der Waals surface area contributed by atoms with E-state index in [1.165, 1.54) is 0 Å². The molecule has 1 amide bonds. The van der Waals surface area contributed by atoms with Crippen LogP contribution in [0.1, 0.15) is 57.6 Å². The summed E-state index contributed by atoms with van der Waals surface area (Å²) < 4.78 is 17.7. The van der Waals surface area contributed by atoms with E-state index in [4.69, 9.17) is 19.2 Å². The second-order valence-corrected chi connectivity index (χ2v) is 11.4. The number of rotatable bonds is 8. The average Bonchev–Trinajstić information content (AvgIpc) is 3.59. The maximum atomic E-state index is 14.4. The monoisotopic (exact) mass is 588 g/mol. The summed E-state index contributed by atoms with van der Waals surface area (Å²) in [6.45, 7) is 11.0. The van der Waals surface area contributed by atoms with Crippen molar-refractivity contribution in [1.29, 1.82) is 0 Å². The Morgan fingerprint density at radius 2 is 1.48 bits per heavy atom. The summed E-state index contributed by atoms with van der Waals surface area (Å²) in [5.41, 5.74) is 7.83. The van der Waals surface area contributed by atoms with E-state index in [0.717, 1.165) is 75.1 Å². The zero-order chi connectivity index (χ0) is 30.4. The summed E-state index contributed by atoms with van der Waals surface area (Å²) in [4.78, 5) is 21.1. The summed E-state index contributed by atoms with van der Waals surface area (Å²) in [7, 11) is 0. The van der Waals surface area contributed by atoms with Crippen LogP contribution in [-0.2, 0) is 5.54 Å². The van der Waals surface area contributed by atoms with Gasteiger partial charge in [-0.2, -0.15) is 0 Å². The van der Waals surface area contributed by atoms with Crippen LogP contribution in [0.15, 0.2) is 71.7 Å². The maximum Gasteiger partial charge on any atom is 0.255 e. The molecular weight excluding hydrogens is 552 g/mol. The lowest BCUT2D eigenvalue weighted by Gasteiger charge is -2.44. The van der Waals surface area contributed by atoms with E-state index in [1.54, 1.807) is 0 Å². The largest absolute Gasteiger partial charge is 0.456 e. The fraction of sp³-hybridized carbons (Fsp3) is 0.278. The number of nitrogens with one attached hydrogen (secondary N) is 2. The van der Waals surface area contributed by atoms with Crippen molar-refractivity contribution in [1.82, 2.24) is 4.90 Å². The molecule has 0 radical (unpaired) electrons. The van der Waals surface area contributed by atoms with Crippen LogP contribution in [0.2, 0.25) is 0 Å². The van der Waals surface area contributed by atoms with Crippen LogP contribution in [0.3, 0.4) is 0 Å². The average molecular weight is 589 g/mol. The maximum absolute atomic E-state index is 14.4. The number of carbonyl (C=O) groups is 1. The third-order valence-electron chi connectivity index (χ3n) is 8.67. The lowest BCUT2D eigenvalue weighted by molar-refractivity contribution is 0.0673. The van der Waals surface area contributed by atoms with Crippen molar-refractivity contribution in [3.05, 3.63) is 106 Å². The molecule has 0 atom stereocenters. The van der Waals surface area contributed by atoms with Gasteiger partial charge in [0.2, 0.25) is 6.79 Å². The molecule has 3 aliphatic rings. The third-order valence-corrected chi connectivity index (χ3v) is 8.67. The molecule has 0 bridgehead atoms. The van der Waals surface area contributed by atoms with Crippen LogP contribution >= 0.6 is 0 Å². The van der Waals surface area contributed by atoms with Gasteiger partial charge in [-0.15, -0.1) is 0 Å². The van der Waals surface area contributed by atoms with E-state index >= 15 is 0 Å². The predicted octanol–water partition coefficient (Wildman–Crippen LogP) is 6.87. The van der Waals surface area contributed by atoms with E-state index < -0.39 is 5.54 Å². The quantitative estimate of drug-likeness (QED) is 0.219. The lowest BCUT2D eigenvalue weighted by Crippen LogP contribution is -2.48. The number of nitrogens with zero attached hydrogens (tertiary/aromatic N) is 2. The highest BCUT2D eigenvalue weighted by molar-refractivity contribution is 6.02. The first-order valence-electron chi connectivity index (χ1n) is 15.2. The Morgan fingerprint density at radius 1 is 0.818 bits per heavy atom. The molecule has 8 heteroatoms. The molecule has 4 aromatic rings. The molecule has 0 unspecified atom stereocenters. The fourth-order valence-corrected chi connectivity index (χ4v) is 6.74. The summed E-state index contributed by atoms with van der Waals surface area (Å²) in [5, 5.41) is 6.95. The molecule has 2 N–H and O–H groups in total. The topological polar surface area (TPSA) is 84.4 Å². The van der Waals surface area contributed by atoms with Crippen LogP contribution in [0, 0.1) is 13.8 Å². The number of aliphatic imine (C=N–C) groups is 1. The zero-order valence-corrected chi connectivity index (χ0v) is 25.5. The standard InChI is InChI=1S/C36H36N4O4/c1-5-38-29-18-32-27(15-22(29)3)36(28-16-23(4)30(39-6-2)19-33(28)44-32)26-10-8-7-9-25(26)35(41)40(36)14-13-37-20-24-11-12-31-34(17-24)43-21-42-31/h7-12,15-20,38-39H,5-6,13-14,21H2,1-4H3. The van der Waals surface area contributed by atoms with Gasteiger partial charge in [0, 0.05) is 66.0 Å². The van der Waals surface area contributed by atoms with Gasteiger partial charge in [-0.1, -0.05) is 18.2 Å². The minimum absolute atomic E-state index is 0.0143. The summed E-state index contributed by atoms with van der Waals surface area (Å²) in [5.74, 6) is 2.92. The van der Waals surface area contributed by atoms with Crippen molar-refractivity contribution in [3.63, 3.8) is 0 Å². The minimum atomic E-state index is -0.879. The van der Waals surface area contributed by atoms with Gasteiger partial charge in [0.25, 0.3) is 5.91 Å². The molecule has 0 aliphatic carbocycles. The Balaban J connectivity index is 1.37. The Morgan fingerprint density at radius 3 is 2.16 bits per heavy atom. The van der Waals surface area contributed by atoms with Gasteiger partial charge in [0.15, 0.2) is 11.5 Å². The number of ether oxygens (including phenoxy) is 3. The van der Waals surface area contributed by atoms with Crippen LogP contribution in [0.5, 0.6) is 23.0 Å². The molecule has 4 aromatic carbocycles. The highest BCUT2D eigenvalue weighted by Gasteiger charge is 2.56. The first-order chi connectivity index (χ1) is 21.4. The molecule has 44 heavy (non-hydrogen) atoms. The van der Waals surface area contributed by atoms with Crippen molar-refractivity contribution in [2.24, 2.45) is 4.99 Å². The van der Waals surface area contributed by atoms with Gasteiger partial charge in [0.1, 0.15) is 17.0 Å². The van der Waals surface area contributed by atoms with E-state index in [1.807, 2.05) is 47.5 Å². The first kappa shape index (κ1) is 27.8. The van der Waals surface area contributed by atoms with E-state index in [2.05, 4.69) is 68.7 Å². The van der Waals surface area contributed by atoms with E-state index in [9.17, 15) is 4.79 Å². The molecule has 3 aliphatic heterocycles. The Kier molecular flexibility index (Phi) is 6.92. The number of amides is 1. The highest BCUT2D eigenvalue weighted by atomic mass is 16.7. The Hall–Kier alpha value is -4.98. The molecule has 224 valence electrons. The minimum Gasteiger partial charge on any atom is -0.456 e. The van der Waals surface area contributed by atoms with E-state index in [0.29, 0.717) is 24.4 Å². The normalized spacial score (nSPS) is 15.3. The predicted molar refractivity (Wildman–Crippen MR) is 173 cm³/mol. The smallest absolute Gasteiger partial charge is 0.255 e. The highest BCUT2D eigenvalue weighted by Crippen LogP contribution is 2.58. The molecule has 1 spiro atoms. The van der Waals surface area contributed by atoms with Gasteiger partial charge < -0.3 is 29.7 Å². The molecule has 0 aromatic heterocycles. The van der Waals surface area contributed by atoms with Crippen LogP contribution < -0.4 is 24.8 Å². The van der Waals surface area contributed by atoms with Gasteiger partial charge >= 0.3 is 0 Å². The second kappa shape index (κ2) is 10.9. The second-order valence-electron chi connectivity index (χ2n) is 11.4. The van der Waals surface area contributed by atoms with Gasteiger partial charge in [-0.25, -0.2) is 0 Å². The molecule has 0 saturated heterocycles. The number of benzene rings is 4. The molecule has 0 fully saturated rings.